The van der Waals surface area contributed by atoms with Gasteiger partial charge in [0, 0.05) is 0 Å². The normalized spacial score (nSPS) is 13.0. The van der Waals surface area contributed by atoms with Crippen LogP contribution in [0.3, 0.4) is 0 Å². The zero-order valence-electron chi connectivity index (χ0n) is 3.85. The van der Waals surface area contributed by atoms with E-state index in [1.54, 1.807) is 0 Å². The van der Waals surface area contributed by atoms with E-state index in [4.69, 9.17) is 0 Å². The lowest BCUT2D eigenvalue weighted by molar-refractivity contribution is -0.146. The largest absolute Gasteiger partial charge is 0.466 e. The van der Waals surface area contributed by atoms with Gasteiger partial charge in [-0.3, -0.25) is 5.73 Å². The third kappa shape index (κ3) is 2.11. The third-order valence-electron chi connectivity index (χ3n) is 0.426. The highest BCUT2D eigenvalue weighted by atomic mass is 19.1. The fourth-order valence-corrected chi connectivity index (χ4v) is 0.113. The molecular formula is C3H6FNO2. The molecule has 0 fully saturated rings. The number of ether oxygens (including phenoxy) is 1. The van der Waals surface area contributed by atoms with Crippen LogP contribution in [0.2, 0.25) is 0 Å². The van der Waals surface area contributed by atoms with Gasteiger partial charge in [0.05, 0.1) is 7.11 Å². The molecule has 0 aromatic carbocycles. The number of hydrogen-bond acceptors (Lipinski definition) is 3. The van der Waals surface area contributed by atoms with Crippen LogP contribution in [0.25, 0.3) is 0 Å². The summed E-state index contributed by atoms with van der Waals surface area (Å²) in [6.07, 6.45) is -2.00. The van der Waals surface area contributed by atoms with E-state index >= 15 is 0 Å². The highest BCUT2D eigenvalue weighted by Crippen LogP contribution is 1.80. The molecule has 1 atom stereocenters. The minimum atomic E-state index is -2.00. The van der Waals surface area contributed by atoms with Crippen LogP contribution in [0.15, 0.2) is 0 Å². The van der Waals surface area contributed by atoms with Gasteiger partial charge in [0.2, 0.25) is 6.30 Å². The summed E-state index contributed by atoms with van der Waals surface area (Å²) >= 11 is 0. The zero-order valence-corrected chi connectivity index (χ0v) is 3.85. The molecular weight excluding hydrogens is 101 g/mol. The minimum Gasteiger partial charge on any atom is -0.466 e. The summed E-state index contributed by atoms with van der Waals surface area (Å²) in [4.78, 5) is 9.79. The molecule has 1 unspecified atom stereocenters. The lowest BCUT2D eigenvalue weighted by Gasteiger charge is -1.94. The summed E-state index contributed by atoms with van der Waals surface area (Å²) in [5.74, 6) is -1.04. The van der Waals surface area contributed by atoms with Crippen molar-refractivity contribution in [3.05, 3.63) is 0 Å². The predicted octanol–water partition coefficient (Wildman–Crippen LogP) is -0.586. The molecule has 0 saturated carbocycles. The lowest BCUT2D eigenvalue weighted by Crippen LogP contribution is -2.25. The Balaban J connectivity index is 3.35. The summed E-state index contributed by atoms with van der Waals surface area (Å²) in [6, 6.07) is 0. The fraction of sp³-hybridized carbons (Fsp3) is 0.667. The molecule has 0 aliphatic rings. The van der Waals surface area contributed by atoms with Crippen LogP contribution in [0, 0.1) is 0 Å². The highest BCUT2D eigenvalue weighted by Gasteiger charge is 2.08. The summed E-state index contributed by atoms with van der Waals surface area (Å²) in [7, 11) is 1.07. The number of carbonyl (C=O) groups is 1. The quantitative estimate of drug-likeness (QED) is 0.360. The van der Waals surface area contributed by atoms with Crippen molar-refractivity contribution in [1.29, 1.82) is 0 Å². The maximum atomic E-state index is 11.4. The number of alkyl halides is 1. The Bertz CT molecular complexity index is 73.3. The number of carbonyl (C=O) groups excluding carboxylic acids is 1. The van der Waals surface area contributed by atoms with Crippen LogP contribution < -0.4 is 5.73 Å². The minimum absolute atomic E-state index is 1.04. The molecule has 0 heterocycles. The second-order valence-corrected chi connectivity index (χ2v) is 0.925. The maximum absolute atomic E-state index is 11.4. The average Bonchev–Trinajstić information content (AvgIpc) is 1.65. The lowest BCUT2D eigenvalue weighted by atomic mass is 10.6. The van der Waals surface area contributed by atoms with Crippen molar-refractivity contribution in [2.45, 2.75) is 6.30 Å². The molecule has 4 heteroatoms. The summed E-state index contributed by atoms with van der Waals surface area (Å²) in [5, 5.41) is 0. The molecule has 0 aromatic rings. The first-order chi connectivity index (χ1) is 3.18. The smallest absolute Gasteiger partial charge is 0.355 e. The first-order valence-electron chi connectivity index (χ1n) is 1.66. The molecule has 0 radical (unpaired) electrons. The molecule has 0 amide bonds. The van der Waals surface area contributed by atoms with Gasteiger partial charge in [0.15, 0.2) is 0 Å². The summed E-state index contributed by atoms with van der Waals surface area (Å²) in [5.41, 5.74) is 4.41. The molecule has 0 aliphatic carbocycles. The Morgan fingerprint density at radius 1 is 2.00 bits per heavy atom. The number of rotatable bonds is 1. The summed E-state index contributed by atoms with van der Waals surface area (Å²) in [6.45, 7) is 0. The fourth-order valence-electron chi connectivity index (χ4n) is 0.113. The van der Waals surface area contributed by atoms with Crippen LogP contribution in [-0.2, 0) is 9.53 Å². The Labute approximate surface area is 40.2 Å². The van der Waals surface area contributed by atoms with Gasteiger partial charge in [0.25, 0.3) is 0 Å². The van der Waals surface area contributed by atoms with Crippen molar-refractivity contribution in [2.24, 2.45) is 5.73 Å². The molecule has 0 rings (SSSR count). The second-order valence-electron chi connectivity index (χ2n) is 0.925. The van der Waals surface area contributed by atoms with Crippen molar-refractivity contribution < 1.29 is 13.9 Å². The predicted molar refractivity (Wildman–Crippen MR) is 21.1 cm³/mol. The van der Waals surface area contributed by atoms with E-state index in [0.29, 0.717) is 0 Å². The van der Waals surface area contributed by atoms with Crippen LogP contribution >= 0.6 is 0 Å². The maximum Gasteiger partial charge on any atom is 0.355 e. The Kier molecular flexibility index (Phi) is 2.29. The number of hydrogen-bond donors (Lipinski definition) is 1. The number of halogens is 1. The van der Waals surface area contributed by atoms with Crippen LogP contribution in [-0.4, -0.2) is 19.4 Å². The van der Waals surface area contributed by atoms with Crippen molar-refractivity contribution in [2.75, 3.05) is 7.11 Å². The first kappa shape index (κ1) is 6.36. The van der Waals surface area contributed by atoms with Gasteiger partial charge in [-0.05, 0) is 0 Å². The van der Waals surface area contributed by atoms with Gasteiger partial charge < -0.3 is 4.74 Å². The molecule has 0 spiro atoms. The van der Waals surface area contributed by atoms with Crippen LogP contribution in [0.4, 0.5) is 4.39 Å². The SMILES string of the molecule is COC(=O)C(N)F. The second kappa shape index (κ2) is 2.52. The van der Waals surface area contributed by atoms with Gasteiger partial charge in [-0.25, -0.2) is 9.18 Å². The first-order valence-corrected chi connectivity index (χ1v) is 1.66. The molecule has 7 heavy (non-hydrogen) atoms. The molecule has 2 N–H and O–H groups in total. The summed E-state index contributed by atoms with van der Waals surface area (Å²) < 4.78 is 15.3. The van der Waals surface area contributed by atoms with Gasteiger partial charge in [0.1, 0.15) is 0 Å². The monoisotopic (exact) mass is 107 g/mol. The molecule has 42 valence electrons. The molecule has 0 aliphatic heterocycles. The van der Waals surface area contributed by atoms with Crippen molar-refractivity contribution in [3.63, 3.8) is 0 Å². The Morgan fingerprint density at radius 2 is 2.43 bits per heavy atom. The number of nitrogens with two attached hydrogens (primary N) is 1. The van der Waals surface area contributed by atoms with E-state index in [2.05, 4.69) is 10.5 Å². The van der Waals surface area contributed by atoms with Gasteiger partial charge in [-0.1, -0.05) is 0 Å². The molecule has 0 bridgehead atoms. The van der Waals surface area contributed by atoms with Crippen LogP contribution in [0.1, 0.15) is 0 Å². The standard InChI is InChI=1S/C3H6FNO2/c1-7-3(6)2(4)5/h2H,5H2,1H3. The van der Waals surface area contributed by atoms with Gasteiger partial charge >= 0.3 is 5.97 Å². The topological polar surface area (TPSA) is 52.3 Å². The van der Waals surface area contributed by atoms with Crippen molar-refractivity contribution in [1.82, 2.24) is 0 Å². The number of methoxy groups -OCH3 is 1. The van der Waals surface area contributed by atoms with Gasteiger partial charge in [-0.15, -0.1) is 0 Å². The highest BCUT2D eigenvalue weighted by molar-refractivity contribution is 5.73. The third-order valence-corrected chi connectivity index (χ3v) is 0.426. The van der Waals surface area contributed by atoms with E-state index in [1.165, 1.54) is 0 Å². The van der Waals surface area contributed by atoms with E-state index in [0.717, 1.165) is 7.11 Å². The van der Waals surface area contributed by atoms with Gasteiger partial charge in [-0.2, -0.15) is 0 Å². The van der Waals surface area contributed by atoms with Crippen LogP contribution in [0.5, 0.6) is 0 Å². The molecule has 0 saturated heterocycles. The van der Waals surface area contributed by atoms with E-state index in [-0.39, 0.29) is 0 Å². The average molecular weight is 107 g/mol. The van der Waals surface area contributed by atoms with E-state index < -0.39 is 12.3 Å². The Hall–Kier alpha value is -0.640. The molecule has 3 nitrogen and oxygen atoms in total. The van der Waals surface area contributed by atoms with Crippen molar-refractivity contribution >= 4 is 5.97 Å². The zero-order chi connectivity index (χ0) is 5.86. The van der Waals surface area contributed by atoms with E-state index in [1.807, 2.05) is 0 Å². The van der Waals surface area contributed by atoms with E-state index in [9.17, 15) is 9.18 Å². The number of esters is 1. The molecule has 0 aromatic heterocycles. The van der Waals surface area contributed by atoms with Crippen molar-refractivity contribution in [3.8, 4) is 0 Å². The Morgan fingerprint density at radius 3 is 2.43 bits per heavy atom.